The second-order valence-corrected chi connectivity index (χ2v) is 11.0. The van der Waals surface area contributed by atoms with E-state index in [0.717, 1.165) is 51.9 Å². The van der Waals surface area contributed by atoms with Crippen molar-refractivity contribution in [1.29, 1.82) is 0 Å². The van der Waals surface area contributed by atoms with Crippen LogP contribution in [0.1, 0.15) is 39.9 Å². The number of methoxy groups -OCH3 is 1. The van der Waals surface area contributed by atoms with Gasteiger partial charge in [0.1, 0.15) is 12.1 Å². The molecule has 0 radical (unpaired) electrons. The summed E-state index contributed by atoms with van der Waals surface area (Å²) < 4.78 is 30.3. The van der Waals surface area contributed by atoms with Crippen LogP contribution in [0.5, 0.6) is 5.88 Å². The molecule has 4 heterocycles. The number of ether oxygens (including phenoxy) is 1. The maximum atomic E-state index is 13.4. The average molecular weight is 573 g/mol. The molecule has 1 saturated heterocycles. The minimum absolute atomic E-state index is 0.0110. The number of amides is 1. The Labute approximate surface area is 243 Å². The molecule has 0 atom stereocenters. The fourth-order valence-electron chi connectivity index (χ4n) is 6.02. The van der Waals surface area contributed by atoms with Crippen molar-refractivity contribution in [2.75, 3.05) is 38.2 Å². The van der Waals surface area contributed by atoms with Crippen molar-refractivity contribution in [3.63, 3.8) is 0 Å². The number of carbonyl (C=O) groups is 1. The summed E-state index contributed by atoms with van der Waals surface area (Å²) in [4.78, 5) is 31.1. The van der Waals surface area contributed by atoms with E-state index in [1.165, 1.54) is 5.56 Å². The zero-order valence-corrected chi connectivity index (χ0v) is 23.8. The molecule has 2 aromatic carbocycles. The van der Waals surface area contributed by atoms with Crippen LogP contribution in [0.3, 0.4) is 0 Å². The fourth-order valence-corrected chi connectivity index (χ4v) is 6.02. The zero-order chi connectivity index (χ0) is 29.2. The number of piperidine rings is 1. The number of nitrogens with zero attached hydrogens (tertiary/aromatic N) is 5. The number of aryl methyl sites for hydroxylation is 1. The Bertz CT molecular complexity index is 1590. The van der Waals surface area contributed by atoms with Crippen molar-refractivity contribution in [3.05, 3.63) is 77.2 Å². The van der Waals surface area contributed by atoms with E-state index in [1.807, 2.05) is 29.2 Å². The summed E-state index contributed by atoms with van der Waals surface area (Å²) in [5.41, 5.74) is 6.98. The lowest BCUT2D eigenvalue weighted by molar-refractivity contribution is 0.0693. The van der Waals surface area contributed by atoms with Gasteiger partial charge in [0.15, 0.2) is 0 Å². The Balaban J connectivity index is 1.22. The van der Waals surface area contributed by atoms with Gasteiger partial charge in [-0.15, -0.1) is 0 Å². The van der Waals surface area contributed by atoms with Crippen molar-refractivity contribution >= 4 is 22.6 Å². The second kappa shape index (κ2) is 12.0. The first kappa shape index (κ1) is 28.0. The minimum atomic E-state index is -2.36. The van der Waals surface area contributed by atoms with Crippen LogP contribution in [0.4, 0.5) is 14.6 Å². The lowest BCUT2D eigenvalue weighted by atomic mass is 9.95. The molecule has 2 aliphatic heterocycles. The van der Waals surface area contributed by atoms with E-state index < -0.39 is 6.43 Å². The number of likely N-dealkylation sites (tertiary alicyclic amines) is 1. The van der Waals surface area contributed by atoms with E-state index in [-0.39, 0.29) is 18.5 Å². The van der Waals surface area contributed by atoms with Gasteiger partial charge >= 0.3 is 0 Å². The summed E-state index contributed by atoms with van der Waals surface area (Å²) >= 11 is 0. The molecule has 2 aliphatic rings. The topological polar surface area (TPSA) is 83.5 Å². The van der Waals surface area contributed by atoms with E-state index in [9.17, 15) is 13.6 Å². The number of fused-ring (bicyclic) bond motifs is 2. The molecule has 42 heavy (non-hydrogen) atoms. The first-order valence-electron chi connectivity index (χ1n) is 14.3. The van der Waals surface area contributed by atoms with Gasteiger partial charge in [-0.1, -0.05) is 6.07 Å². The van der Waals surface area contributed by atoms with Gasteiger partial charge in [0.2, 0.25) is 5.88 Å². The number of aromatic nitrogens is 3. The maximum absolute atomic E-state index is 13.4. The van der Waals surface area contributed by atoms with E-state index in [0.29, 0.717) is 43.9 Å². The van der Waals surface area contributed by atoms with Crippen LogP contribution < -0.4 is 15.0 Å². The quantitative estimate of drug-likeness (QED) is 0.333. The number of nitrogens with one attached hydrogen (secondary N) is 1. The molecule has 6 rings (SSSR count). The highest BCUT2D eigenvalue weighted by molar-refractivity contribution is 5.96. The van der Waals surface area contributed by atoms with Crippen molar-refractivity contribution in [1.82, 2.24) is 25.2 Å². The van der Waals surface area contributed by atoms with Gasteiger partial charge in [-0.3, -0.25) is 4.79 Å². The van der Waals surface area contributed by atoms with E-state index in [2.05, 4.69) is 45.3 Å². The zero-order valence-electron chi connectivity index (χ0n) is 23.8. The number of rotatable bonds is 7. The number of anilines is 1. The molecule has 4 aromatic rings. The smallest absolute Gasteiger partial charge is 0.253 e. The predicted octanol–water partition coefficient (Wildman–Crippen LogP) is 5.03. The number of alkyl halides is 2. The first-order valence-corrected chi connectivity index (χ1v) is 14.3. The number of hydrogen-bond acceptors (Lipinski definition) is 7. The Morgan fingerprint density at radius 2 is 1.86 bits per heavy atom. The van der Waals surface area contributed by atoms with Gasteiger partial charge in [-0.2, -0.15) is 0 Å². The van der Waals surface area contributed by atoms with Crippen molar-refractivity contribution < 1.29 is 18.3 Å². The van der Waals surface area contributed by atoms with Crippen LogP contribution in [0.25, 0.3) is 22.0 Å². The van der Waals surface area contributed by atoms with Crippen LogP contribution in [0.15, 0.2) is 55.0 Å². The van der Waals surface area contributed by atoms with Crippen molar-refractivity contribution in [2.45, 2.75) is 45.2 Å². The number of benzene rings is 2. The largest absolute Gasteiger partial charge is 0.481 e. The molecule has 8 nitrogen and oxygen atoms in total. The summed E-state index contributed by atoms with van der Waals surface area (Å²) in [5, 5.41) is 3.88. The normalized spacial score (nSPS) is 15.7. The SMILES string of the molecule is COc1ccc(-c2cc(C)c3ncnc(N4CCc5ccc(C(=O)N6CCC(NCC(F)F)CC6)cc5C4)c3c2)cn1. The Hall–Kier alpha value is -4.18. The summed E-state index contributed by atoms with van der Waals surface area (Å²) in [6, 6.07) is 14.1. The van der Waals surface area contributed by atoms with Gasteiger partial charge in [0, 0.05) is 61.0 Å². The summed E-state index contributed by atoms with van der Waals surface area (Å²) in [6.07, 6.45) is 3.25. The number of halogens is 2. The van der Waals surface area contributed by atoms with Crippen LogP contribution >= 0.6 is 0 Å². The lowest BCUT2D eigenvalue weighted by Gasteiger charge is -2.33. The Morgan fingerprint density at radius 1 is 1.02 bits per heavy atom. The molecule has 0 aliphatic carbocycles. The van der Waals surface area contributed by atoms with Crippen LogP contribution in [-0.4, -0.2) is 71.5 Å². The van der Waals surface area contributed by atoms with Crippen LogP contribution in [0.2, 0.25) is 0 Å². The molecule has 0 unspecified atom stereocenters. The van der Waals surface area contributed by atoms with Gasteiger partial charge in [-0.05, 0) is 78.8 Å². The molecule has 1 N–H and O–H groups in total. The van der Waals surface area contributed by atoms with Crippen LogP contribution in [0, 0.1) is 6.92 Å². The molecule has 1 fully saturated rings. The summed E-state index contributed by atoms with van der Waals surface area (Å²) in [7, 11) is 1.60. The molecule has 0 spiro atoms. The Morgan fingerprint density at radius 3 is 2.60 bits per heavy atom. The molecule has 1 amide bonds. The van der Waals surface area contributed by atoms with E-state index in [1.54, 1.807) is 19.6 Å². The maximum Gasteiger partial charge on any atom is 0.253 e. The number of pyridine rings is 1. The molecule has 2 aromatic heterocycles. The molecule has 218 valence electrons. The highest BCUT2D eigenvalue weighted by Gasteiger charge is 2.26. The van der Waals surface area contributed by atoms with Gasteiger partial charge in [0.25, 0.3) is 12.3 Å². The highest BCUT2D eigenvalue weighted by atomic mass is 19.3. The lowest BCUT2D eigenvalue weighted by Crippen LogP contribution is -2.46. The number of carbonyl (C=O) groups excluding carboxylic acids is 1. The molecule has 10 heteroatoms. The third-order valence-electron chi connectivity index (χ3n) is 8.30. The Kier molecular flexibility index (Phi) is 7.97. The first-order chi connectivity index (χ1) is 20.4. The minimum Gasteiger partial charge on any atom is -0.481 e. The van der Waals surface area contributed by atoms with Gasteiger partial charge < -0.3 is 19.9 Å². The standard InChI is InChI=1S/C32H34F2N6O2/c1-20-13-24(23-5-6-29(42-2)36-16-23)15-27-30(20)37-19-38-31(27)40-10-7-21-3-4-22(14-25(21)18-40)32(41)39-11-8-26(9-12-39)35-17-28(33)34/h3-6,13-16,19,26,28,35H,7-12,17-18H2,1-2H3. The third kappa shape index (κ3) is 5.76. The molecular weight excluding hydrogens is 538 g/mol. The predicted molar refractivity (Wildman–Crippen MR) is 158 cm³/mol. The molecule has 0 saturated carbocycles. The monoisotopic (exact) mass is 572 g/mol. The molecular formula is C32H34F2N6O2. The van der Waals surface area contributed by atoms with E-state index in [4.69, 9.17) is 9.72 Å². The second-order valence-electron chi connectivity index (χ2n) is 11.0. The van der Waals surface area contributed by atoms with E-state index >= 15 is 0 Å². The van der Waals surface area contributed by atoms with Crippen LogP contribution in [-0.2, 0) is 13.0 Å². The average Bonchev–Trinajstić information content (AvgIpc) is 3.03. The summed E-state index contributed by atoms with van der Waals surface area (Å²) in [5.74, 6) is 1.42. The van der Waals surface area contributed by atoms with Crippen molar-refractivity contribution in [3.8, 4) is 17.0 Å². The fraction of sp³-hybridized carbons (Fsp3) is 0.375. The van der Waals surface area contributed by atoms with Gasteiger partial charge in [0.05, 0.1) is 19.2 Å². The number of hydrogen-bond donors (Lipinski definition) is 1. The highest BCUT2D eigenvalue weighted by Crippen LogP contribution is 2.34. The molecule has 0 bridgehead atoms. The van der Waals surface area contributed by atoms with Gasteiger partial charge in [-0.25, -0.2) is 23.7 Å². The van der Waals surface area contributed by atoms with Crippen molar-refractivity contribution in [2.24, 2.45) is 0 Å². The third-order valence-corrected chi connectivity index (χ3v) is 8.30. The summed E-state index contributed by atoms with van der Waals surface area (Å²) in [6.45, 7) is 4.30.